The van der Waals surface area contributed by atoms with Gasteiger partial charge in [-0.3, -0.25) is 19.3 Å². The Balaban J connectivity index is 1.59. The molecule has 0 bridgehead atoms. The molecule has 1 saturated heterocycles. The average Bonchev–Trinajstić information content (AvgIpc) is 3.20. The molecule has 7 nitrogen and oxygen atoms in total. The Morgan fingerprint density at radius 2 is 1.96 bits per heavy atom. The van der Waals surface area contributed by atoms with Gasteiger partial charge in [0.15, 0.2) is 0 Å². The van der Waals surface area contributed by atoms with Gasteiger partial charge < -0.3 is 15.5 Å². The normalized spacial score (nSPS) is 16.0. The maximum absolute atomic E-state index is 12.3. The molecular formula is C19H30N4O3S. The van der Waals surface area contributed by atoms with Crippen LogP contribution in [0.4, 0.5) is 0 Å². The van der Waals surface area contributed by atoms with Crippen LogP contribution in [-0.2, 0) is 9.59 Å². The first-order valence-corrected chi connectivity index (χ1v) is 10.5. The Kier molecular flexibility index (Phi) is 8.74. The molecule has 0 radical (unpaired) electrons. The van der Waals surface area contributed by atoms with Crippen molar-refractivity contribution in [3.05, 3.63) is 22.4 Å². The molecule has 2 heterocycles. The van der Waals surface area contributed by atoms with Crippen molar-refractivity contribution in [3.8, 4) is 0 Å². The van der Waals surface area contributed by atoms with Crippen LogP contribution in [-0.4, -0.2) is 72.8 Å². The zero-order valence-electron chi connectivity index (χ0n) is 16.2. The molecule has 0 aliphatic carbocycles. The summed E-state index contributed by atoms with van der Waals surface area (Å²) in [5.74, 6) is 0.0713. The van der Waals surface area contributed by atoms with Crippen molar-refractivity contribution in [2.45, 2.75) is 39.2 Å². The van der Waals surface area contributed by atoms with Crippen LogP contribution in [0.25, 0.3) is 0 Å². The number of carbonyl (C=O) groups excluding carboxylic acids is 3. The summed E-state index contributed by atoms with van der Waals surface area (Å²) >= 11 is 1.49. The molecule has 150 valence electrons. The third-order valence-electron chi connectivity index (χ3n) is 4.75. The summed E-state index contributed by atoms with van der Waals surface area (Å²) < 4.78 is 0. The lowest BCUT2D eigenvalue weighted by Crippen LogP contribution is -2.51. The van der Waals surface area contributed by atoms with Crippen LogP contribution in [0.2, 0.25) is 0 Å². The van der Waals surface area contributed by atoms with Gasteiger partial charge in [-0.1, -0.05) is 6.92 Å². The summed E-state index contributed by atoms with van der Waals surface area (Å²) in [6.45, 7) is 7.66. The number of hydrogen-bond donors (Lipinski definition) is 2. The second-order valence-corrected chi connectivity index (χ2v) is 7.69. The van der Waals surface area contributed by atoms with Crippen LogP contribution in [0.3, 0.4) is 0 Å². The van der Waals surface area contributed by atoms with E-state index >= 15 is 0 Å². The first-order chi connectivity index (χ1) is 13.0. The molecule has 0 saturated carbocycles. The molecule has 8 heteroatoms. The molecule has 1 fully saturated rings. The highest BCUT2D eigenvalue weighted by atomic mass is 32.1. The van der Waals surface area contributed by atoms with Crippen molar-refractivity contribution >= 4 is 29.1 Å². The van der Waals surface area contributed by atoms with Gasteiger partial charge >= 0.3 is 0 Å². The third kappa shape index (κ3) is 7.30. The van der Waals surface area contributed by atoms with Gasteiger partial charge in [0.1, 0.15) is 0 Å². The van der Waals surface area contributed by atoms with Crippen molar-refractivity contribution in [2.75, 3.05) is 39.3 Å². The number of amides is 3. The monoisotopic (exact) mass is 394 g/mol. The number of hydrogen-bond acceptors (Lipinski definition) is 5. The van der Waals surface area contributed by atoms with Crippen molar-refractivity contribution in [3.63, 3.8) is 0 Å². The number of piperazine rings is 1. The average molecular weight is 395 g/mol. The van der Waals surface area contributed by atoms with Crippen LogP contribution in [0, 0.1) is 0 Å². The fourth-order valence-corrected chi connectivity index (χ4v) is 3.51. The van der Waals surface area contributed by atoms with E-state index in [4.69, 9.17) is 0 Å². The van der Waals surface area contributed by atoms with E-state index in [0.717, 1.165) is 6.42 Å². The second-order valence-electron chi connectivity index (χ2n) is 6.91. The highest BCUT2D eigenvalue weighted by Gasteiger charge is 2.22. The quantitative estimate of drug-likeness (QED) is 0.619. The lowest BCUT2D eigenvalue weighted by Gasteiger charge is -2.34. The van der Waals surface area contributed by atoms with E-state index in [1.807, 2.05) is 29.5 Å². The molecule has 2 rings (SSSR count). The molecule has 3 amide bonds. The van der Waals surface area contributed by atoms with E-state index in [1.165, 1.54) is 11.3 Å². The van der Waals surface area contributed by atoms with E-state index in [1.54, 1.807) is 6.07 Å². The van der Waals surface area contributed by atoms with E-state index in [9.17, 15) is 14.4 Å². The lowest BCUT2D eigenvalue weighted by atomic mass is 10.2. The summed E-state index contributed by atoms with van der Waals surface area (Å²) in [6.07, 6.45) is 1.98. The Morgan fingerprint density at radius 1 is 1.22 bits per heavy atom. The number of carbonyl (C=O) groups is 3. The smallest absolute Gasteiger partial charge is 0.252 e. The molecule has 2 N–H and O–H groups in total. The minimum atomic E-state index is -0.0898. The Bertz CT molecular complexity index is 612. The topological polar surface area (TPSA) is 81.8 Å². The van der Waals surface area contributed by atoms with Gasteiger partial charge in [-0.2, -0.15) is 11.3 Å². The molecule has 1 aliphatic rings. The summed E-state index contributed by atoms with van der Waals surface area (Å²) in [6, 6.07) is 1.98. The maximum atomic E-state index is 12.3. The van der Waals surface area contributed by atoms with Gasteiger partial charge in [-0.05, 0) is 31.2 Å². The SMILES string of the molecule is CCC(C)NC(=O)CN1CCN(C(=O)CCCNC(=O)c2ccsc2)CC1. The molecule has 1 aromatic rings. The lowest BCUT2D eigenvalue weighted by molar-refractivity contribution is -0.133. The first kappa shape index (κ1) is 21.4. The van der Waals surface area contributed by atoms with E-state index in [0.29, 0.717) is 57.7 Å². The zero-order chi connectivity index (χ0) is 19.6. The predicted octanol–water partition coefficient (Wildman–Crippen LogP) is 1.32. The fourth-order valence-electron chi connectivity index (χ4n) is 2.88. The van der Waals surface area contributed by atoms with Crippen molar-refractivity contribution in [1.82, 2.24) is 20.4 Å². The Hall–Kier alpha value is -1.93. The second kappa shape index (κ2) is 11.0. The number of rotatable bonds is 9. The molecule has 1 aromatic heterocycles. The third-order valence-corrected chi connectivity index (χ3v) is 5.43. The van der Waals surface area contributed by atoms with Crippen molar-refractivity contribution in [2.24, 2.45) is 0 Å². The standard InChI is InChI=1S/C19H30N4O3S/c1-3-15(2)21-17(24)13-22-8-10-23(11-9-22)18(25)5-4-7-20-19(26)16-6-12-27-14-16/h6,12,14-15H,3-5,7-11,13H2,1-2H3,(H,20,26)(H,21,24). The zero-order valence-corrected chi connectivity index (χ0v) is 17.0. The van der Waals surface area contributed by atoms with Crippen LogP contribution in [0.15, 0.2) is 16.8 Å². The van der Waals surface area contributed by atoms with Crippen LogP contribution >= 0.6 is 11.3 Å². The molecule has 27 heavy (non-hydrogen) atoms. The van der Waals surface area contributed by atoms with Crippen LogP contribution in [0.5, 0.6) is 0 Å². The maximum Gasteiger partial charge on any atom is 0.252 e. The summed E-state index contributed by atoms with van der Waals surface area (Å²) in [7, 11) is 0. The molecule has 0 spiro atoms. The minimum Gasteiger partial charge on any atom is -0.353 e. The van der Waals surface area contributed by atoms with Gasteiger partial charge in [0.25, 0.3) is 5.91 Å². The molecule has 1 unspecified atom stereocenters. The summed E-state index contributed by atoms with van der Waals surface area (Å²) in [5, 5.41) is 9.48. The number of nitrogens with one attached hydrogen (secondary N) is 2. The number of nitrogens with zero attached hydrogens (tertiary/aromatic N) is 2. The van der Waals surface area contributed by atoms with Crippen LogP contribution < -0.4 is 10.6 Å². The van der Waals surface area contributed by atoms with Gasteiger partial charge in [0.05, 0.1) is 6.54 Å². The van der Waals surface area contributed by atoms with Gasteiger partial charge in [0.2, 0.25) is 11.8 Å². The van der Waals surface area contributed by atoms with Gasteiger partial charge in [-0.25, -0.2) is 0 Å². The molecular weight excluding hydrogens is 364 g/mol. The minimum absolute atomic E-state index is 0.0468. The van der Waals surface area contributed by atoms with Gasteiger partial charge in [-0.15, -0.1) is 0 Å². The molecule has 1 aliphatic heterocycles. The molecule has 1 atom stereocenters. The van der Waals surface area contributed by atoms with Crippen molar-refractivity contribution in [1.29, 1.82) is 0 Å². The van der Waals surface area contributed by atoms with E-state index in [2.05, 4.69) is 15.5 Å². The van der Waals surface area contributed by atoms with Crippen LogP contribution in [0.1, 0.15) is 43.5 Å². The Morgan fingerprint density at radius 3 is 2.59 bits per heavy atom. The van der Waals surface area contributed by atoms with Crippen molar-refractivity contribution < 1.29 is 14.4 Å². The largest absolute Gasteiger partial charge is 0.353 e. The highest BCUT2D eigenvalue weighted by molar-refractivity contribution is 7.08. The van der Waals surface area contributed by atoms with Gasteiger partial charge in [0, 0.05) is 56.1 Å². The Labute approximate surface area is 165 Å². The predicted molar refractivity (Wildman–Crippen MR) is 107 cm³/mol. The first-order valence-electron chi connectivity index (χ1n) is 9.59. The fraction of sp³-hybridized carbons (Fsp3) is 0.632. The van der Waals surface area contributed by atoms with E-state index < -0.39 is 0 Å². The van der Waals surface area contributed by atoms with E-state index in [-0.39, 0.29) is 23.8 Å². The number of thiophene rings is 1. The summed E-state index contributed by atoms with van der Waals surface area (Å²) in [4.78, 5) is 40.0. The molecule has 0 aromatic carbocycles. The summed E-state index contributed by atoms with van der Waals surface area (Å²) in [5.41, 5.74) is 0.666. The highest BCUT2D eigenvalue weighted by Crippen LogP contribution is 2.07.